The fourth-order valence-corrected chi connectivity index (χ4v) is 9.68. The molecule has 5 N–H and O–H groups in total. The van der Waals surface area contributed by atoms with E-state index in [2.05, 4.69) is 0 Å². The number of carbonyl (C=O) groups excluding carboxylic acids is 3. The number of hydrogen-bond acceptors (Lipinski definition) is 17. The molecule has 2 aliphatic carbocycles. The summed E-state index contributed by atoms with van der Waals surface area (Å²) in [5.41, 5.74) is -6.55. The summed E-state index contributed by atoms with van der Waals surface area (Å²) in [4.78, 5) is 44.4. The van der Waals surface area contributed by atoms with Crippen LogP contribution in [0.3, 0.4) is 0 Å². The van der Waals surface area contributed by atoms with Gasteiger partial charge in [-0.3, -0.25) is 14.4 Å². The number of ketones is 2. The number of aliphatic hydroxyl groups is 3. The molecular weight excluding hydrogens is 738 g/mol. The zero-order valence-electron chi connectivity index (χ0n) is 32.8. The number of ether oxygens (including phenoxy) is 8. The Morgan fingerprint density at radius 3 is 2.20 bits per heavy atom. The highest BCUT2D eigenvalue weighted by molar-refractivity contribution is 6.31. The monoisotopic (exact) mass is 787 g/mol. The van der Waals surface area contributed by atoms with Crippen LogP contribution in [0.5, 0.6) is 17.2 Å². The number of esters is 1. The molecule has 56 heavy (non-hydrogen) atoms. The van der Waals surface area contributed by atoms with Gasteiger partial charge in [0, 0.05) is 44.4 Å². The van der Waals surface area contributed by atoms with E-state index in [4.69, 9.17) is 37.9 Å². The zero-order chi connectivity index (χ0) is 41.1. The third-order valence-corrected chi connectivity index (χ3v) is 12.5. The van der Waals surface area contributed by atoms with Crippen LogP contribution in [0, 0.1) is 0 Å². The highest BCUT2D eigenvalue weighted by Crippen LogP contribution is 2.56. The summed E-state index contributed by atoms with van der Waals surface area (Å²) in [6, 6.07) is 1.50. The van der Waals surface area contributed by atoms with Gasteiger partial charge in [-0.1, -0.05) is 0 Å². The lowest BCUT2D eigenvalue weighted by Gasteiger charge is -2.53. The summed E-state index contributed by atoms with van der Waals surface area (Å²) in [5.74, 6) is -5.85. The Kier molecular flexibility index (Phi) is 9.88. The number of methoxy groups -OCH3 is 4. The average Bonchev–Trinajstić information content (AvgIpc) is 3.12. The predicted molar refractivity (Wildman–Crippen MR) is 191 cm³/mol. The first-order valence-corrected chi connectivity index (χ1v) is 18.2. The lowest BCUT2D eigenvalue weighted by Crippen LogP contribution is -2.68. The minimum atomic E-state index is -1.91. The van der Waals surface area contributed by atoms with Gasteiger partial charge in [0.15, 0.2) is 12.1 Å². The summed E-state index contributed by atoms with van der Waals surface area (Å²) in [6.45, 7) is 6.40. The van der Waals surface area contributed by atoms with Gasteiger partial charge in [-0.05, 0) is 59.5 Å². The van der Waals surface area contributed by atoms with E-state index in [1.54, 1.807) is 32.8 Å². The van der Waals surface area contributed by atoms with E-state index in [1.807, 2.05) is 0 Å². The van der Waals surface area contributed by atoms with Crippen molar-refractivity contribution in [3.63, 3.8) is 0 Å². The molecule has 3 heterocycles. The van der Waals surface area contributed by atoms with Crippen LogP contribution < -0.4 is 4.74 Å². The topological polar surface area (TPSA) is 229 Å². The van der Waals surface area contributed by atoms with Crippen LogP contribution in [0.2, 0.25) is 0 Å². The largest absolute Gasteiger partial charge is 0.507 e. The van der Waals surface area contributed by atoms with Gasteiger partial charge < -0.3 is 68.3 Å². The van der Waals surface area contributed by atoms with Gasteiger partial charge >= 0.3 is 5.97 Å². The molecule has 306 valence electrons. The van der Waals surface area contributed by atoms with Crippen LogP contribution in [-0.4, -0.2) is 151 Å². The van der Waals surface area contributed by atoms with Gasteiger partial charge in [0.05, 0.1) is 47.7 Å². The Balaban J connectivity index is 1.40. The number of fused-ring (bicyclic) bond motifs is 8. The van der Waals surface area contributed by atoms with E-state index in [1.165, 1.54) is 41.2 Å². The number of benzene rings is 2. The van der Waals surface area contributed by atoms with Crippen LogP contribution in [0.25, 0.3) is 0 Å². The second kappa shape index (κ2) is 13.7. The number of likely N-dealkylation sites (N-methyl/N-ethyl adjacent to an activating group) is 1. The minimum absolute atomic E-state index is 0.0417. The van der Waals surface area contributed by atoms with E-state index in [0.717, 1.165) is 13.2 Å². The smallest absolute Gasteiger partial charge is 0.316 e. The lowest BCUT2D eigenvalue weighted by atomic mass is 9.68. The number of carbonyl (C=O) groups is 3. The molecule has 2 bridgehead atoms. The second-order valence-electron chi connectivity index (χ2n) is 16.0. The van der Waals surface area contributed by atoms with Gasteiger partial charge in [0.1, 0.15) is 58.8 Å². The van der Waals surface area contributed by atoms with Crippen molar-refractivity contribution < 1.29 is 77.8 Å². The number of phenolic OH excluding ortho intramolecular Hbond substituents is 2. The number of phenols is 2. The summed E-state index contributed by atoms with van der Waals surface area (Å²) in [7, 11) is 8.84. The van der Waals surface area contributed by atoms with Gasteiger partial charge in [-0.15, -0.1) is 0 Å². The maximum Gasteiger partial charge on any atom is 0.316 e. The normalized spacial score (nSPS) is 38.6. The molecule has 0 unspecified atom stereocenters. The van der Waals surface area contributed by atoms with E-state index >= 15 is 0 Å². The summed E-state index contributed by atoms with van der Waals surface area (Å²) >= 11 is 0. The Hall–Kier alpha value is -3.75. The fraction of sp³-hybridized carbons (Fsp3) is 0.615. The molecule has 13 atom stereocenters. The molecule has 0 aromatic heterocycles. The molecule has 5 aliphatic rings. The number of aliphatic hydroxyl groups excluding tert-OH is 2. The molecule has 3 aliphatic heterocycles. The van der Waals surface area contributed by atoms with Gasteiger partial charge in [-0.25, -0.2) is 0 Å². The summed E-state index contributed by atoms with van der Waals surface area (Å²) < 4.78 is 47.4. The van der Waals surface area contributed by atoms with E-state index in [0.29, 0.717) is 0 Å². The molecule has 0 amide bonds. The quantitative estimate of drug-likeness (QED) is 0.212. The lowest BCUT2D eigenvalue weighted by molar-refractivity contribution is -0.345. The number of nitrogens with zero attached hydrogens (tertiary/aromatic N) is 1. The SMILES string of the molecule is COC(=O)[C@@H]1c2cc3c(c(O)c2[C@@H](O[C@@H]2O[C@@H](C)[C@@H](OC)[C@](C)(OC)[C@H]2OC)C[C@]1(C)O)C(=O)c1c(O)cc2c(c1C3=O)O[C@@H]1O[C@@]2(C)[C@H](O)[C@H](N(C)C)[C@@H]1O. The molecule has 7 rings (SSSR count). The molecule has 17 heteroatoms. The van der Waals surface area contributed by atoms with Crippen molar-refractivity contribution in [1.82, 2.24) is 4.90 Å². The van der Waals surface area contributed by atoms with Gasteiger partial charge in [0.25, 0.3) is 0 Å². The average molecular weight is 788 g/mol. The van der Waals surface area contributed by atoms with Crippen molar-refractivity contribution in [1.29, 1.82) is 0 Å². The molecule has 2 saturated heterocycles. The minimum Gasteiger partial charge on any atom is -0.507 e. The van der Waals surface area contributed by atoms with Crippen LogP contribution >= 0.6 is 0 Å². The molecule has 2 aromatic carbocycles. The molecular formula is C39H49NO16. The van der Waals surface area contributed by atoms with Gasteiger partial charge in [-0.2, -0.15) is 0 Å². The number of hydrogen-bond donors (Lipinski definition) is 5. The predicted octanol–water partition coefficient (Wildman–Crippen LogP) is 1.14. The Morgan fingerprint density at radius 1 is 0.946 bits per heavy atom. The standard InChI is InChI=1S/C39H49NO16/c1-14-32(49-7)39(4,52-10)33(50-8)36(53-14)54-19-13-37(2,48)24(34(47)51-9)15-11-16-21(27(43)20(15)19)28(44)22-18(41)12-17-30(23(22)26(16)42)55-35-29(45)25(40(5)6)31(46)38(17,3)56-35/h11-12,14,19,24-25,29,31-33,35-36,41,43,45-46,48H,13H2,1-10H3/t14-,19-,24-,25+,29-,31+,32+,33-,35+,36-,37-,38+,39-/m0/s1. The first kappa shape index (κ1) is 40.4. The first-order chi connectivity index (χ1) is 26.2. The van der Waals surface area contributed by atoms with E-state index < -0.39 is 124 Å². The molecule has 17 nitrogen and oxygen atoms in total. The van der Waals surface area contributed by atoms with Crippen LogP contribution in [0.4, 0.5) is 0 Å². The third-order valence-electron chi connectivity index (χ3n) is 12.5. The van der Waals surface area contributed by atoms with Crippen molar-refractivity contribution in [3.8, 4) is 17.2 Å². The molecule has 0 spiro atoms. The van der Waals surface area contributed by atoms with E-state index in [9.17, 15) is 39.9 Å². The van der Waals surface area contributed by atoms with Crippen molar-refractivity contribution in [2.24, 2.45) is 0 Å². The molecule has 0 radical (unpaired) electrons. The Morgan fingerprint density at radius 2 is 1.61 bits per heavy atom. The van der Waals surface area contributed by atoms with Crippen molar-refractivity contribution >= 4 is 17.5 Å². The van der Waals surface area contributed by atoms with E-state index in [-0.39, 0.29) is 34.4 Å². The highest BCUT2D eigenvalue weighted by Gasteiger charge is 2.60. The number of rotatable bonds is 7. The van der Waals surface area contributed by atoms with Crippen molar-refractivity contribution in [2.45, 2.75) is 112 Å². The van der Waals surface area contributed by atoms with Crippen LogP contribution in [-0.2, 0) is 43.6 Å². The third kappa shape index (κ3) is 5.47. The van der Waals surface area contributed by atoms with Crippen molar-refractivity contribution in [3.05, 3.63) is 51.1 Å². The first-order valence-electron chi connectivity index (χ1n) is 18.2. The molecule has 0 saturated carbocycles. The summed E-state index contributed by atoms with van der Waals surface area (Å²) in [6.07, 6.45) is -9.16. The Labute approximate surface area is 322 Å². The second-order valence-corrected chi connectivity index (χ2v) is 16.0. The van der Waals surface area contributed by atoms with Crippen molar-refractivity contribution in [2.75, 3.05) is 42.5 Å². The number of aromatic hydroxyl groups is 2. The highest BCUT2D eigenvalue weighted by atomic mass is 16.7. The van der Waals surface area contributed by atoms with Crippen LogP contribution in [0.15, 0.2) is 12.1 Å². The maximum absolute atomic E-state index is 14.8. The van der Waals surface area contributed by atoms with Gasteiger partial charge in [0.2, 0.25) is 12.1 Å². The molecule has 2 aromatic rings. The van der Waals surface area contributed by atoms with Crippen LogP contribution in [0.1, 0.15) is 94.7 Å². The molecule has 2 fully saturated rings. The Bertz CT molecular complexity index is 1980. The summed E-state index contributed by atoms with van der Waals surface area (Å²) in [5, 5.41) is 58.3. The fourth-order valence-electron chi connectivity index (χ4n) is 9.68. The maximum atomic E-state index is 14.8. The zero-order valence-corrected chi connectivity index (χ0v) is 32.8.